The first-order chi connectivity index (χ1) is 9.79. The molecule has 6 nitrogen and oxygen atoms in total. The van der Waals surface area contributed by atoms with Gasteiger partial charge in [-0.15, -0.1) is 0 Å². The van der Waals surface area contributed by atoms with Gasteiger partial charge < -0.3 is 15.6 Å². The molecule has 0 bridgehead atoms. The maximum Gasteiger partial charge on any atom is 0.252 e. The summed E-state index contributed by atoms with van der Waals surface area (Å²) in [5.74, 6) is 0.680. The highest BCUT2D eigenvalue weighted by molar-refractivity contribution is 5.94. The number of aromatic amines is 1. The first-order valence-corrected chi connectivity index (χ1v) is 6.75. The average molecular weight is 273 g/mol. The lowest BCUT2D eigenvalue weighted by Crippen LogP contribution is -2.25. The van der Waals surface area contributed by atoms with Gasteiger partial charge in [-0.2, -0.15) is 0 Å². The first-order valence-electron chi connectivity index (χ1n) is 6.75. The monoisotopic (exact) mass is 273 g/mol. The van der Waals surface area contributed by atoms with E-state index in [1.807, 2.05) is 6.07 Å². The summed E-state index contributed by atoms with van der Waals surface area (Å²) in [4.78, 5) is 23.0. The van der Waals surface area contributed by atoms with Crippen LogP contribution < -0.4 is 10.6 Å². The summed E-state index contributed by atoms with van der Waals surface area (Å²) in [5, 5.41) is 6.02. The van der Waals surface area contributed by atoms with Crippen molar-refractivity contribution in [3.63, 3.8) is 0 Å². The molecule has 2 heterocycles. The van der Waals surface area contributed by atoms with E-state index < -0.39 is 0 Å². The minimum atomic E-state index is -0.112. The van der Waals surface area contributed by atoms with Crippen LogP contribution in [-0.2, 0) is 6.42 Å². The molecule has 0 unspecified atom stereocenters. The summed E-state index contributed by atoms with van der Waals surface area (Å²) in [6.45, 7) is 3.54. The zero-order chi connectivity index (χ0) is 14.2. The largest absolute Gasteiger partial charge is 0.370 e. The van der Waals surface area contributed by atoms with Crippen LogP contribution in [0.1, 0.15) is 29.4 Å². The molecule has 0 radical (unpaired) electrons. The van der Waals surface area contributed by atoms with Gasteiger partial charge in [0, 0.05) is 37.6 Å². The molecule has 1 amide bonds. The molecule has 0 saturated carbocycles. The van der Waals surface area contributed by atoms with Crippen LogP contribution in [0.5, 0.6) is 0 Å². The van der Waals surface area contributed by atoms with Crippen LogP contribution in [0.2, 0.25) is 0 Å². The Hall–Kier alpha value is -2.37. The predicted octanol–water partition coefficient (Wildman–Crippen LogP) is 1.60. The fourth-order valence-electron chi connectivity index (χ4n) is 1.72. The molecule has 0 spiro atoms. The number of nitrogens with one attached hydrogen (secondary N) is 3. The number of hydrogen-bond donors (Lipinski definition) is 3. The Morgan fingerprint density at radius 1 is 1.30 bits per heavy atom. The van der Waals surface area contributed by atoms with Crippen LogP contribution in [0.4, 0.5) is 5.82 Å². The van der Waals surface area contributed by atoms with E-state index in [0.29, 0.717) is 12.1 Å². The lowest BCUT2D eigenvalue weighted by molar-refractivity contribution is 0.0954. The minimum absolute atomic E-state index is 0.112. The third kappa shape index (κ3) is 4.08. The highest BCUT2D eigenvalue weighted by Gasteiger charge is 2.05. The summed E-state index contributed by atoms with van der Waals surface area (Å²) in [6.07, 6.45) is 6.74. The van der Waals surface area contributed by atoms with Gasteiger partial charge in [0.05, 0.1) is 11.9 Å². The van der Waals surface area contributed by atoms with Crippen molar-refractivity contribution >= 4 is 11.7 Å². The molecule has 106 valence electrons. The summed E-state index contributed by atoms with van der Waals surface area (Å²) in [5.41, 5.74) is 1.57. The topological polar surface area (TPSA) is 82.7 Å². The highest BCUT2D eigenvalue weighted by Crippen LogP contribution is 2.05. The Balaban J connectivity index is 1.79. The molecule has 0 aliphatic heterocycles. The van der Waals surface area contributed by atoms with Crippen LogP contribution in [0.15, 0.2) is 30.9 Å². The molecule has 0 fully saturated rings. The van der Waals surface area contributed by atoms with E-state index in [0.717, 1.165) is 30.9 Å². The number of aromatic nitrogens is 3. The number of imidazole rings is 1. The molecule has 6 heteroatoms. The Morgan fingerprint density at radius 3 is 2.85 bits per heavy atom. The van der Waals surface area contributed by atoms with Crippen molar-refractivity contribution in [3.8, 4) is 0 Å². The van der Waals surface area contributed by atoms with E-state index in [4.69, 9.17) is 0 Å². The van der Waals surface area contributed by atoms with Crippen molar-refractivity contribution in [2.24, 2.45) is 0 Å². The Labute approximate surface area is 118 Å². The van der Waals surface area contributed by atoms with Gasteiger partial charge in [0.1, 0.15) is 5.82 Å². The van der Waals surface area contributed by atoms with Crippen molar-refractivity contribution < 1.29 is 4.79 Å². The van der Waals surface area contributed by atoms with Crippen LogP contribution >= 0.6 is 0 Å². The molecular formula is C14H19N5O. The van der Waals surface area contributed by atoms with Gasteiger partial charge in [-0.3, -0.25) is 4.79 Å². The maximum absolute atomic E-state index is 11.9. The molecule has 2 rings (SSSR count). The van der Waals surface area contributed by atoms with Gasteiger partial charge in [-0.25, -0.2) is 9.97 Å². The zero-order valence-electron chi connectivity index (χ0n) is 11.5. The van der Waals surface area contributed by atoms with Crippen molar-refractivity contribution in [1.29, 1.82) is 0 Å². The number of rotatable bonds is 7. The summed E-state index contributed by atoms with van der Waals surface area (Å²) < 4.78 is 0. The standard InChI is InChI=1S/C14H19N5O/c1-2-6-16-13-4-3-11(8-18-13)14(20)17-7-5-12-9-15-10-19-12/h3-4,8-10H,2,5-7H2,1H3,(H,15,19)(H,16,18)(H,17,20). The van der Waals surface area contributed by atoms with Gasteiger partial charge in [-0.1, -0.05) is 6.92 Å². The molecule has 20 heavy (non-hydrogen) atoms. The Bertz CT molecular complexity index is 521. The molecule has 0 aromatic carbocycles. The third-order valence-electron chi connectivity index (χ3n) is 2.82. The molecule has 0 atom stereocenters. The van der Waals surface area contributed by atoms with E-state index in [1.165, 1.54) is 0 Å². The van der Waals surface area contributed by atoms with Crippen LogP contribution in [0, 0.1) is 0 Å². The number of amides is 1. The van der Waals surface area contributed by atoms with E-state index >= 15 is 0 Å². The summed E-state index contributed by atoms with van der Waals surface area (Å²) in [7, 11) is 0. The molecule has 2 aromatic heterocycles. The number of hydrogen-bond acceptors (Lipinski definition) is 4. The SMILES string of the molecule is CCCNc1ccc(C(=O)NCCc2cnc[nH]2)cn1. The fraction of sp³-hybridized carbons (Fsp3) is 0.357. The number of carbonyl (C=O) groups is 1. The third-order valence-corrected chi connectivity index (χ3v) is 2.82. The van der Waals surface area contributed by atoms with E-state index in [9.17, 15) is 4.79 Å². The number of H-pyrrole nitrogens is 1. The van der Waals surface area contributed by atoms with Crippen LogP contribution in [0.25, 0.3) is 0 Å². The Kier molecular flexibility index (Phi) is 5.11. The molecule has 0 aliphatic rings. The average Bonchev–Trinajstić information content (AvgIpc) is 2.99. The lowest BCUT2D eigenvalue weighted by Gasteiger charge is -2.06. The van der Waals surface area contributed by atoms with Gasteiger partial charge in [0.2, 0.25) is 0 Å². The lowest BCUT2D eigenvalue weighted by atomic mass is 10.2. The smallest absolute Gasteiger partial charge is 0.252 e. The zero-order valence-corrected chi connectivity index (χ0v) is 11.5. The molecule has 2 aromatic rings. The maximum atomic E-state index is 11.9. The van der Waals surface area contributed by atoms with E-state index in [-0.39, 0.29) is 5.91 Å². The minimum Gasteiger partial charge on any atom is -0.370 e. The van der Waals surface area contributed by atoms with Crippen LogP contribution in [0.3, 0.4) is 0 Å². The van der Waals surface area contributed by atoms with Gasteiger partial charge >= 0.3 is 0 Å². The van der Waals surface area contributed by atoms with Crippen molar-refractivity contribution in [2.75, 3.05) is 18.4 Å². The first kappa shape index (κ1) is 14.0. The number of nitrogens with zero attached hydrogens (tertiary/aromatic N) is 2. The van der Waals surface area contributed by atoms with Gasteiger partial charge in [0.15, 0.2) is 0 Å². The van der Waals surface area contributed by atoms with Crippen molar-refractivity contribution in [3.05, 3.63) is 42.1 Å². The van der Waals surface area contributed by atoms with Crippen molar-refractivity contribution in [2.45, 2.75) is 19.8 Å². The second-order valence-corrected chi connectivity index (χ2v) is 4.44. The molecule has 3 N–H and O–H groups in total. The van der Waals surface area contributed by atoms with Crippen LogP contribution in [-0.4, -0.2) is 33.9 Å². The molecule has 0 aliphatic carbocycles. The van der Waals surface area contributed by atoms with Gasteiger partial charge in [-0.05, 0) is 18.6 Å². The number of carbonyl (C=O) groups excluding carboxylic acids is 1. The van der Waals surface area contributed by atoms with Crippen molar-refractivity contribution in [1.82, 2.24) is 20.3 Å². The summed E-state index contributed by atoms with van der Waals surface area (Å²) in [6, 6.07) is 3.59. The highest BCUT2D eigenvalue weighted by atomic mass is 16.1. The normalized spacial score (nSPS) is 10.2. The second-order valence-electron chi connectivity index (χ2n) is 4.44. The number of anilines is 1. The molecular weight excluding hydrogens is 254 g/mol. The fourth-order valence-corrected chi connectivity index (χ4v) is 1.72. The second kappa shape index (κ2) is 7.28. The van der Waals surface area contributed by atoms with E-state index in [2.05, 4.69) is 32.5 Å². The summed E-state index contributed by atoms with van der Waals surface area (Å²) >= 11 is 0. The number of pyridine rings is 1. The quantitative estimate of drug-likeness (QED) is 0.715. The predicted molar refractivity (Wildman–Crippen MR) is 77.6 cm³/mol. The van der Waals surface area contributed by atoms with Gasteiger partial charge in [0.25, 0.3) is 5.91 Å². The Morgan fingerprint density at radius 2 is 2.20 bits per heavy atom. The van der Waals surface area contributed by atoms with E-state index in [1.54, 1.807) is 24.8 Å². The molecule has 0 saturated heterocycles.